The lowest BCUT2D eigenvalue weighted by molar-refractivity contribution is 0.270. The van der Waals surface area contributed by atoms with Crippen molar-refractivity contribution in [2.45, 2.75) is 20.0 Å². The van der Waals surface area contributed by atoms with Crippen LogP contribution in [0.5, 0.6) is 11.5 Å². The van der Waals surface area contributed by atoms with Crippen LogP contribution in [0.1, 0.15) is 11.1 Å². The van der Waals surface area contributed by atoms with Gasteiger partial charge in [-0.15, -0.1) is 6.58 Å². The van der Waals surface area contributed by atoms with Gasteiger partial charge in [-0.1, -0.05) is 12.2 Å². The molecule has 1 atom stereocenters. The first-order chi connectivity index (χ1) is 8.60. The molecule has 0 spiro atoms. The minimum absolute atomic E-state index is 0.414. The molecular formula is C15H20O3. The van der Waals surface area contributed by atoms with Crippen molar-refractivity contribution < 1.29 is 14.6 Å². The number of hydrogen-bond acceptors (Lipinski definition) is 3. The van der Waals surface area contributed by atoms with Gasteiger partial charge in [-0.05, 0) is 43.2 Å². The third-order valence-corrected chi connectivity index (χ3v) is 2.82. The van der Waals surface area contributed by atoms with Gasteiger partial charge in [-0.25, -0.2) is 0 Å². The van der Waals surface area contributed by atoms with Gasteiger partial charge in [-0.3, -0.25) is 0 Å². The molecule has 98 valence electrons. The van der Waals surface area contributed by atoms with Gasteiger partial charge in [0.2, 0.25) is 0 Å². The van der Waals surface area contributed by atoms with E-state index < -0.39 is 6.10 Å². The Kier molecular flexibility index (Phi) is 5.46. The zero-order chi connectivity index (χ0) is 13.5. The van der Waals surface area contributed by atoms with E-state index >= 15 is 0 Å². The molecule has 1 unspecified atom stereocenters. The Morgan fingerprint density at radius 2 is 1.89 bits per heavy atom. The van der Waals surface area contributed by atoms with E-state index in [0.29, 0.717) is 6.61 Å². The molecule has 0 aliphatic heterocycles. The average molecular weight is 248 g/mol. The summed E-state index contributed by atoms with van der Waals surface area (Å²) in [7, 11) is 1.65. The minimum atomic E-state index is -0.618. The van der Waals surface area contributed by atoms with Crippen molar-refractivity contribution in [1.29, 1.82) is 0 Å². The standard InChI is InChI=1S/C15H20O3/c1-5-13(16)7-6-10-18-15-9-8-14(17-4)11(2)12(15)3/h5-9,13,16H,1,10H2,2-4H3/b7-6+. The third kappa shape index (κ3) is 3.64. The van der Waals surface area contributed by atoms with Crippen molar-refractivity contribution in [3.8, 4) is 11.5 Å². The van der Waals surface area contributed by atoms with Crippen LogP contribution in [0.25, 0.3) is 0 Å². The number of aliphatic hydroxyl groups excluding tert-OH is 1. The molecule has 0 bridgehead atoms. The second kappa shape index (κ2) is 6.87. The quantitative estimate of drug-likeness (QED) is 0.787. The van der Waals surface area contributed by atoms with E-state index in [2.05, 4.69) is 6.58 Å². The van der Waals surface area contributed by atoms with Gasteiger partial charge in [0.25, 0.3) is 0 Å². The molecule has 0 saturated carbocycles. The van der Waals surface area contributed by atoms with Crippen LogP contribution >= 0.6 is 0 Å². The topological polar surface area (TPSA) is 38.7 Å². The fourth-order valence-electron chi connectivity index (χ4n) is 1.56. The summed E-state index contributed by atoms with van der Waals surface area (Å²) in [6.45, 7) is 7.89. The monoisotopic (exact) mass is 248 g/mol. The van der Waals surface area contributed by atoms with Crippen LogP contribution in [0, 0.1) is 13.8 Å². The van der Waals surface area contributed by atoms with Crippen LogP contribution < -0.4 is 9.47 Å². The maximum atomic E-state index is 9.25. The lowest BCUT2D eigenvalue weighted by Gasteiger charge is -2.12. The second-order valence-corrected chi connectivity index (χ2v) is 3.98. The summed E-state index contributed by atoms with van der Waals surface area (Å²) in [6.07, 6.45) is 4.25. The summed E-state index contributed by atoms with van der Waals surface area (Å²) in [5.41, 5.74) is 2.14. The smallest absolute Gasteiger partial charge is 0.123 e. The molecule has 18 heavy (non-hydrogen) atoms. The maximum absolute atomic E-state index is 9.25. The predicted octanol–water partition coefficient (Wildman–Crippen LogP) is 2.79. The molecule has 3 heteroatoms. The maximum Gasteiger partial charge on any atom is 0.123 e. The van der Waals surface area contributed by atoms with E-state index in [1.165, 1.54) is 6.08 Å². The molecule has 3 nitrogen and oxygen atoms in total. The molecule has 0 saturated heterocycles. The minimum Gasteiger partial charge on any atom is -0.496 e. The van der Waals surface area contributed by atoms with E-state index in [-0.39, 0.29) is 0 Å². The van der Waals surface area contributed by atoms with Crippen LogP contribution in [0.3, 0.4) is 0 Å². The van der Waals surface area contributed by atoms with Crippen LogP contribution in [0.4, 0.5) is 0 Å². The van der Waals surface area contributed by atoms with Crippen molar-refractivity contribution in [3.63, 3.8) is 0 Å². The van der Waals surface area contributed by atoms with Crippen LogP contribution in [-0.4, -0.2) is 24.9 Å². The lowest BCUT2D eigenvalue weighted by Crippen LogP contribution is -2.00. The number of ether oxygens (including phenoxy) is 2. The number of aliphatic hydroxyl groups is 1. The first-order valence-electron chi connectivity index (χ1n) is 5.84. The van der Waals surface area contributed by atoms with Crippen LogP contribution in [-0.2, 0) is 0 Å². The molecule has 0 radical (unpaired) electrons. The number of rotatable bonds is 6. The Labute approximate surface area is 108 Å². The normalized spacial score (nSPS) is 12.4. The van der Waals surface area contributed by atoms with E-state index in [0.717, 1.165) is 22.6 Å². The Hall–Kier alpha value is -1.74. The fraction of sp³-hybridized carbons (Fsp3) is 0.333. The summed E-state index contributed by atoms with van der Waals surface area (Å²) in [4.78, 5) is 0. The van der Waals surface area contributed by atoms with Gasteiger partial charge in [0.1, 0.15) is 18.1 Å². The summed E-state index contributed by atoms with van der Waals surface area (Å²) >= 11 is 0. The van der Waals surface area contributed by atoms with Gasteiger partial charge in [0, 0.05) is 0 Å². The Morgan fingerprint density at radius 1 is 1.28 bits per heavy atom. The third-order valence-electron chi connectivity index (χ3n) is 2.82. The van der Waals surface area contributed by atoms with E-state index in [9.17, 15) is 5.11 Å². The molecule has 1 rings (SSSR count). The second-order valence-electron chi connectivity index (χ2n) is 3.98. The molecule has 1 N–H and O–H groups in total. The molecule has 0 aromatic heterocycles. The number of benzene rings is 1. The van der Waals surface area contributed by atoms with Crippen molar-refractivity contribution in [2.75, 3.05) is 13.7 Å². The Bertz CT molecular complexity index is 436. The highest BCUT2D eigenvalue weighted by Crippen LogP contribution is 2.28. The Morgan fingerprint density at radius 3 is 2.50 bits per heavy atom. The Balaban J connectivity index is 2.66. The molecule has 0 aliphatic rings. The fourth-order valence-corrected chi connectivity index (χ4v) is 1.56. The first kappa shape index (κ1) is 14.3. The number of methoxy groups -OCH3 is 1. The summed E-state index contributed by atoms with van der Waals surface area (Å²) in [5.74, 6) is 1.68. The van der Waals surface area contributed by atoms with Crippen LogP contribution in [0.2, 0.25) is 0 Å². The molecule has 1 aromatic rings. The molecule has 0 amide bonds. The molecular weight excluding hydrogens is 228 g/mol. The SMILES string of the molecule is C=CC(O)/C=C/COc1ccc(OC)c(C)c1C. The highest BCUT2D eigenvalue weighted by Gasteiger charge is 2.06. The highest BCUT2D eigenvalue weighted by atomic mass is 16.5. The summed E-state index contributed by atoms with van der Waals surface area (Å²) in [6, 6.07) is 3.78. The predicted molar refractivity (Wildman–Crippen MR) is 73.3 cm³/mol. The van der Waals surface area contributed by atoms with Crippen molar-refractivity contribution in [2.24, 2.45) is 0 Å². The van der Waals surface area contributed by atoms with Crippen molar-refractivity contribution in [1.82, 2.24) is 0 Å². The molecule has 0 aliphatic carbocycles. The van der Waals surface area contributed by atoms with Gasteiger partial charge in [0.15, 0.2) is 0 Å². The van der Waals surface area contributed by atoms with Gasteiger partial charge in [-0.2, -0.15) is 0 Å². The van der Waals surface area contributed by atoms with Gasteiger partial charge >= 0.3 is 0 Å². The van der Waals surface area contributed by atoms with E-state index in [1.54, 1.807) is 19.3 Å². The first-order valence-corrected chi connectivity index (χ1v) is 5.84. The zero-order valence-corrected chi connectivity index (χ0v) is 11.1. The van der Waals surface area contributed by atoms with E-state index in [1.807, 2.05) is 26.0 Å². The molecule has 0 heterocycles. The highest BCUT2D eigenvalue weighted by molar-refractivity contribution is 5.47. The van der Waals surface area contributed by atoms with Crippen molar-refractivity contribution in [3.05, 3.63) is 48.1 Å². The zero-order valence-electron chi connectivity index (χ0n) is 11.1. The number of hydrogen-bond donors (Lipinski definition) is 1. The van der Waals surface area contributed by atoms with Crippen LogP contribution in [0.15, 0.2) is 36.9 Å². The lowest BCUT2D eigenvalue weighted by atomic mass is 10.1. The average Bonchev–Trinajstić information content (AvgIpc) is 2.39. The molecule has 0 fully saturated rings. The van der Waals surface area contributed by atoms with Crippen molar-refractivity contribution >= 4 is 0 Å². The molecule has 1 aromatic carbocycles. The van der Waals surface area contributed by atoms with Gasteiger partial charge < -0.3 is 14.6 Å². The largest absolute Gasteiger partial charge is 0.496 e. The van der Waals surface area contributed by atoms with Gasteiger partial charge in [0.05, 0.1) is 13.2 Å². The summed E-state index contributed by atoms with van der Waals surface area (Å²) < 4.78 is 10.9. The summed E-state index contributed by atoms with van der Waals surface area (Å²) in [5, 5.41) is 9.25. The van der Waals surface area contributed by atoms with E-state index in [4.69, 9.17) is 9.47 Å².